The van der Waals surface area contributed by atoms with Crippen molar-refractivity contribution in [3.05, 3.63) is 23.9 Å². The Morgan fingerprint density at radius 3 is 2.67 bits per heavy atom. The monoisotopic (exact) mass is 160 g/mol. The van der Waals surface area contributed by atoms with Gasteiger partial charge in [0.1, 0.15) is 11.3 Å². The predicted octanol–water partition coefficient (Wildman–Crippen LogP) is 1.04. The number of hydrogen-bond acceptors (Lipinski definition) is 4. The second kappa shape index (κ2) is 2.48. The molecule has 0 aliphatic heterocycles. The van der Waals surface area contributed by atoms with E-state index in [1.807, 2.05) is 13.8 Å². The quantitative estimate of drug-likeness (QED) is 0.577. The lowest BCUT2D eigenvalue weighted by molar-refractivity contribution is 1.04. The molecule has 0 radical (unpaired) electrons. The molecule has 4 nitrogen and oxygen atoms in total. The predicted molar refractivity (Wildman–Crippen MR) is 44.6 cm³/mol. The van der Waals surface area contributed by atoms with Crippen LogP contribution in [-0.4, -0.2) is 19.9 Å². The molecule has 0 fully saturated rings. The van der Waals surface area contributed by atoms with Gasteiger partial charge in [-0.1, -0.05) is 0 Å². The number of aryl methyl sites for hydroxylation is 2. The van der Waals surface area contributed by atoms with E-state index in [1.165, 1.54) is 0 Å². The van der Waals surface area contributed by atoms with Gasteiger partial charge in [0.15, 0.2) is 5.65 Å². The molecule has 0 bridgehead atoms. The van der Waals surface area contributed by atoms with Crippen LogP contribution in [0.25, 0.3) is 11.2 Å². The zero-order chi connectivity index (χ0) is 8.55. The van der Waals surface area contributed by atoms with Crippen LogP contribution in [0.1, 0.15) is 11.5 Å². The number of rotatable bonds is 0. The Morgan fingerprint density at radius 1 is 1.00 bits per heavy atom. The molecule has 0 aromatic carbocycles. The van der Waals surface area contributed by atoms with Crippen LogP contribution in [0.4, 0.5) is 0 Å². The van der Waals surface area contributed by atoms with E-state index in [0.29, 0.717) is 5.65 Å². The van der Waals surface area contributed by atoms with Crippen LogP contribution in [0.5, 0.6) is 0 Å². The second-order valence-electron chi connectivity index (χ2n) is 2.64. The van der Waals surface area contributed by atoms with Gasteiger partial charge in [-0.25, -0.2) is 19.9 Å². The van der Waals surface area contributed by atoms with E-state index in [9.17, 15) is 0 Å². The summed E-state index contributed by atoms with van der Waals surface area (Å²) in [6.45, 7) is 3.73. The summed E-state index contributed by atoms with van der Waals surface area (Å²) in [4.78, 5) is 16.5. The number of nitrogens with zero attached hydrogens (tertiary/aromatic N) is 4. The Bertz CT molecular complexity index is 383. The molecule has 60 valence electrons. The normalized spacial score (nSPS) is 10.5. The third kappa shape index (κ3) is 1.11. The average Bonchev–Trinajstić information content (AvgIpc) is 2.05. The minimum Gasteiger partial charge on any atom is -0.247 e. The Balaban J connectivity index is 2.79. The van der Waals surface area contributed by atoms with Gasteiger partial charge in [-0.15, -0.1) is 0 Å². The number of hydrogen-bond donors (Lipinski definition) is 0. The van der Waals surface area contributed by atoms with E-state index in [1.54, 1.807) is 12.4 Å². The van der Waals surface area contributed by atoms with Crippen LogP contribution >= 0.6 is 0 Å². The van der Waals surface area contributed by atoms with Gasteiger partial charge >= 0.3 is 0 Å². The molecule has 0 unspecified atom stereocenters. The van der Waals surface area contributed by atoms with Crippen molar-refractivity contribution in [3.8, 4) is 0 Å². The first-order valence-electron chi connectivity index (χ1n) is 3.69. The van der Waals surface area contributed by atoms with E-state index in [4.69, 9.17) is 0 Å². The molecule has 2 heterocycles. The highest BCUT2D eigenvalue weighted by atomic mass is 15.0. The molecule has 2 aromatic rings. The lowest BCUT2D eigenvalue weighted by Crippen LogP contribution is -1.93. The highest BCUT2D eigenvalue weighted by molar-refractivity contribution is 5.67. The lowest BCUT2D eigenvalue weighted by atomic mass is 10.4. The molecule has 0 amide bonds. The van der Waals surface area contributed by atoms with Crippen LogP contribution in [0.15, 0.2) is 12.4 Å². The van der Waals surface area contributed by atoms with Crippen molar-refractivity contribution in [2.24, 2.45) is 0 Å². The molecule has 0 aliphatic carbocycles. The maximum atomic E-state index is 4.23. The Hall–Kier alpha value is -1.58. The smallest absolute Gasteiger partial charge is 0.181 e. The number of aromatic nitrogens is 4. The van der Waals surface area contributed by atoms with Crippen molar-refractivity contribution in [2.45, 2.75) is 13.8 Å². The van der Waals surface area contributed by atoms with Gasteiger partial charge in [0.05, 0.1) is 18.1 Å². The van der Waals surface area contributed by atoms with Crippen LogP contribution in [0, 0.1) is 13.8 Å². The van der Waals surface area contributed by atoms with Crippen LogP contribution in [0.3, 0.4) is 0 Å². The minimum absolute atomic E-state index is 0.660. The Kier molecular flexibility index (Phi) is 1.46. The van der Waals surface area contributed by atoms with E-state index in [2.05, 4.69) is 19.9 Å². The molecule has 0 N–H and O–H groups in total. The average molecular weight is 160 g/mol. The van der Waals surface area contributed by atoms with Crippen molar-refractivity contribution in [3.63, 3.8) is 0 Å². The van der Waals surface area contributed by atoms with Gasteiger partial charge < -0.3 is 0 Å². The Labute approximate surface area is 69.7 Å². The maximum absolute atomic E-state index is 4.23. The standard InChI is InChI=1S/C8H8N4/c1-5-3-10-8-7(11-5)4-9-6(2)12-8/h3-4H,1-2H3. The summed E-state index contributed by atoms with van der Waals surface area (Å²) in [6, 6.07) is 0. The molecule has 2 aromatic heterocycles. The molecule has 0 saturated heterocycles. The van der Waals surface area contributed by atoms with E-state index >= 15 is 0 Å². The largest absolute Gasteiger partial charge is 0.247 e. The van der Waals surface area contributed by atoms with Crippen LogP contribution in [0.2, 0.25) is 0 Å². The number of fused-ring (bicyclic) bond motifs is 1. The van der Waals surface area contributed by atoms with Gasteiger partial charge in [-0.2, -0.15) is 0 Å². The van der Waals surface area contributed by atoms with E-state index in [0.717, 1.165) is 17.0 Å². The second-order valence-corrected chi connectivity index (χ2v) is 2.64. The summed E-state index contributed by atoms with van der Waals surface area (Å²) < 4.78 is 0. The highest BCUT2D eigenvalue weighted by Gasteiger charge is 1.98. The molecule has 0 aliphatic rings. The van der Waals surface area contributed by atoms with Crippen LogP contribution < -0.4 is 0 Å². The minimum atomic E-state index is 0.660. The van der Waals surface area contributed by atoms with Gasteiger partial charge in [0.25, 0.3) is 0 Å². The van der Waals surface area contributed by atoms with Crippen molar-refractivity contribution >= 4 is 11.2 Å². The first-order chi connectivity index (χ1) is 5.75. The SMILES string of the molecule is Cc1cnc2nc(C)ncc2n1. The van der Waals surface area contributed by atoms with E-state index in [-0.39, 0.29) is 0 Å². The summed E-state index contributed by atoms with van der Waals surface area (Å²) >= 11 is 0. The molecule has 0 atom stereocenters. The molecule has 4 heteroatoms. The molecule has 0 saturated carbocycles. The summed E-state index contributed by atoms with van der Waals surface area (Å²) in [5.74, 6) is 0.723. The topological polar surface area (TPSA) is 51.6 Å². The Morgan fingerprint density at radius 2 is 1.83 bits per heavy atom. The fourth-order valence-electron chi connectivity index (χ4n) is 0.999. The van der Waals surface area contributed by atoms with Gasteiger partial charge in [-0.05, 0) is 13.8 Å². The zero-order valence-electron chi connectivity index (χ0n) is 6.94. The molecule has 2 rings (SSSR count). The highest BCUT2D eigenvalue weighted by Crippen LogP contribution is 2.04. The summed E-state index contributed by atoms with van der Waals surface area (Å²) in [6.07, 6.45) is 3.40. The van der Waals surface area contributed by atoms with Gasteiger partial charge in [0.2, 0.25) is 0 Å². The van der Waals surface area contributed by atoms with Crippen molar-refractivity contribution < 1.29 is 0 Å². The lowest BCUT2D eigenvalue weighted by Gasteiger charge is -1.96. The summed E-state index contributed by atoms with van der Waals surface area (Å²) in [5.41, 5.74) is 2.30. The fraction of sp³-hybridized carbons (Fsp3) is 0.250. The van der Waals surface area contributed by atoms with Crippen LogP contribution in [-0.2, 0) is 0 Å². The molecular formula is C8H8N4. The summed E-state index contributed by atoms with van der Waals surface area (Å²) in [7, 11) is 0. The van der Waals surface area contributed by atoms with Gasteiger partial charge in [0, 0.05) is 0 Å². The first-order valence-corrected chi connectivity index (χ1v) is 3.69. The van der Waals surface area contributed by atoms with Crippen molar-refractivity contribution in [1.82, 2.24) is 19.9 Å². The van der Waals surface area contributed by atoms with Crippen molar-refractivity contribution in [1.29, 1.82) is 0 Å². The third-order valence-electron chi connectivity index (χ3n) is 1.54. The third-order valence-corrected chi connectivity index (χ3v) is 1.54. The first kappa shape index (κ1) is 7.09. The van der Waals surface area contributed by atoms with E-state index < -0.39 is 0 Å². The fourth-order valence-corrected chi connectivity index (χ4v) is 0.999. The summed E-state index contributed by atoms with van der Waals surface area (Å²) in [5, 5.41) is 0. The van der Waals surface area contributed by atoms with Crippen molar-refractivity contribution in [2.75, 3.05) is 0 Å². The molecule has 0 spiro atoms. The zero-order valence-corrected chi connectivity index (χ0v) is 6.94. The van der Waals surface area contributed by atoms with Gasteiger partial charge in [-0.3, -0.25) is 0 Å². The molecular weight excluding hydrogens is 152 g/mol. The maximum Gasteiger partial charge on any atom is 0.181 e. The molecule has 12 heavy (non-hydrogen) atoms.